The van der Waals surface area contributed by atoms with Crippen molar-refractivity contribution in [3.05, 3.63) is 65.9 Å². The summed E-state index contributed by atoms with van der Waals surface area (Å²) in [4.78, 5) is 20.0. The molecule has 0 aliphatic carbocycles. The molecule has 0 bridgehead atoms. The van der Waals surface area contributed by atoms with E-state index in [1.807, 2.05) is 35.2 Å². The number of fused-ring (bicyclic) bond motifs is 1. The number of halogens is 3. The number of alkyl halides is 3. The standard InChI is InChI=1S/C22H22F3N3O2/c23-22(24,25)15-30-18-7-5-16(6-8-18)14-27-9-11-28(12-10-27)21(29)20-13-17-3-1-2-4-19(17)26-20/h1-8,13,26H,9-12,14-15H2. The van der Waals surface area contributed by atoms with E-state index in [0.717, 1.165) is 29.6 Å². The van der Waals surface area contributed by atoms with E-state index in [1.165, 1.54) is 0 Å². The Hall–Kier alpha value is -3.00. The lowest BCUT2D eigenvalue weighted by atomic mass is 10.2. The van der Waals surface area contributed by atoms with Crippen LogP contribution in [-0.4, -0.2) is 59.7 Å². The molecular formula is C22H22F3N3O2. The first kappa shape index (κ1) is 20.3. The van der Waals surface area contributed by atoms with Gasteiger partial charge in [0.2, 0.25) is 0 Å². The summed E-state index contributed by atoms with van der Waals surface area (Å²) < 4.78 is 41.4. The molecule has 5 nitrogen and oxygen atoms in total. The molecule has 0 spiro atoms. The van der Waals surface area contributed by atoms with Crippen molar-refractivity contribution in [1.82, 2.24) is 14.8 Å². The number of piperazine rings is 1. The van der Waals surface area contributed by atoms with Gasteiger partial charge in [0, 0.05) is 43.6 Å². The molecule has 8 heteroatoms. The van der Waals surface area contributed by atoms with E-state index in [-0.39, 0.29) is 11.7 Å². The summed E-state index contributed by atoms with van der Waals surface area (Å²) in [6, 6.07) is 16.3. The Morgan fingerprint density at radius 3 is 2.37 bits per heavy atom. The van der Waals surface area contributed by atoms with Crippen LogP contribution in [0.1, 0.15) is 16.1 Å². The minimum absolute atomic E-state index is 0.00276. The highest BCUT2D eigenvalue weighted by Crippen LogP contribution is 2.20. The molecule has 4 rings (SSSR count). The third-order valence-electron chi connectivity index (χ3n) is 5.15. The molecule has 3 aromatic rings. The van der Waals surface area contributed by atoms with Gasteiger partial charge in [0.15, 0.2) is 6.61 Å². The highest BCUT2D eigenvalue weighted by Gasteiger charge is 2.28. The number of nitrogens with zero attached hydrogens (tertiary/aromatic N) is 2. The summed E-state index contributed by atoms with van der Waals surface area (Å²) in [5, 5.41) is 1.02. The van der Waals surface area contributed by atoms with Crippen LogP contribution >= 0.6 is 0 Å². The minimum Gasteiger partial charge on any atom is -0.484 e. The van der Waals surface area contributed by atoms with Gasteiger partial charge in [-0.3, -0.25) is 9.69 Å². The summed E-state index contributed by atoms with van der Waals surface area (Å²) in [5.74, 6) is 0.196. The Bertz CT molecular complexity index is 973. The van der Waals surface area contributed by atoms with Crippen LogP contribution in [0.25, 0.3) is 10.9 Å². The van der Waals surface area contributed by atoms with Crippen molar-refractivity contribution in [1.29, 1.82) is 0 Å². The summed E-state index contributed by atoms with van der Waals surface area (Å²) in [6.07, 6.45) is -4.34. The molecule has 2 heterocycles. The van der Waals surface area contributed by atoms with Gasteiger partial charge in [0.05, 0.1) is 0 Å². The fraction of sp³-hybridized carbons (Fsp3) is 0.318. The van der Waals surface area contributed by atoms with Crippen molar-refractivity contribution in [2.24, 2.45) is 0 Å². The lowest BCUT2D eigenvalue weighted by Crippen LogP contribution is -2.48. The average molecular weight is 417 g/mol. The first-order valence-electron chi connectivity index (χ1n) is 9.75. The van der Waals surface area contributed by atoms with Crippen molar-refractivity contribution in [2.75, 3.05) is 32.8 Å². The maximum absolute atomic E-state index is 12.8. The molecule has 1 aliphatic heterocycles. The number of carbonyl (C=O) groups excluding carboxylic acids is 1. The van der Waals surface area contributed by atoms with Crippen molar-refractivity contribution >= 4 is 16.8 Å². The molecule has 0 saturated carbocycles. The molecular weight excluding hydrogens is 395 g/mol. The van der Waals surface area contributed by atoms with E-state index in [1.54, 1.807) is 24.3 Å². The Morgan fingerprint density at radius 2 is 1.70 bits per heavy atom. The third-order valence-corrected chi connectivity index (χ3v) is 5.15. The van der Waals surface area contributed by atoms with Crippen LogP contribution in [-0.2, 0) is 6.54 Å². The van der Waals surface area contributed by atoms with Crippen LogP contribution in [0.2, 0.25) is 0 Å². The van der Waals surface area contributed by atoms with Gasteiger partial charge < -0.3 is 14.6 Å². The second-order valence-corrected chi connectivity index (χ2v) is 7.39. The zero-order valence-corrected chi connectivity index (χ0v) is 16.3. The van der Waals surface area contributed by atoms with Crippen molar-refractivity contribution in [2.45, 2.75) is 12.7 Å². The van der Waals surface area contributed by atoms with Crippen molar-refractivity contribution < 1.29 is 22.7 Å². The van der Waals surface area contributed by atoms with Gasteiger partial charge in [0.25, 0.3) is 5.91 Å². The molecule has 1 fully saturated rings. The Kier molecular flexibility index (Phi) is 5.67. The first-order chi connectivity index (χ1) is 14.4. The number of benzene rings is 2. The lowest BCUT2D eigenvalue weighted by molar-refractivity contribution is -0.153. The molecule has 30 heavy (non-hydrogen) atoms. The molecule has 1 amide bonds. The highest BCUT2D eigenvalue weighted by atomic mass is 19.4. The number of rotatable bonds is 5. The topological polar surface area (TPSA) is 48.6 Å². The van der Waals surface area contributed by atoms with Gasteiger partial charge in [-0.1, -0.05) is 30.3 Å². The first-order valence-corrected chi connectivity index (χ1v) is 9.75. The number of ether oxygens (including phenoxy) is 1. The largest absolute Gasteiger partial charge is 0.484 e. The fourth-order valence-corrected chi connectivity index (χ4v) is 3.58. The highest BCUT2D eigenvalue weighted by molar-refractivity contribution is 5.98. The maximum Gasteiger partial charge on any atom is 0.422 e. The Balaban J connectivity index is 1.28. The summed E-state index contributed by atoms with van der Waals surface area (Å²) in [7, 11) is 0. The quantitative estimate of drug-likeness (QED) is 0.681. The third kappa shape index (κ3) is 4.94. The molecule has 1 aliphatic rings. The number of aromatic nitrogens is 1. The van der Waals surface area contributed by atoms with E-state index in [2.05, 4.69) is 9.88 Å². The summed E-state index contributed by atoms with van der Waals surface area (Å²) in [6.45, 7) is 2.10. The molecule has 1 aromatic heterocycles. The lowest BCUT2D eigenvalue weighted by Gasteiger charge is -2.34. The number of amides is 1. The molecule has 0 atom stereocenters. The number of H-pyrrole nitrogens is 1. The minimum atomic E-state index is -4.34. The summed E-state index contributed by atoms with van der Waals surface area (Å²) >= 11 is 0. The number of hydrogen-bond donors (Lipinski definition) is 1. The van der Waals surface area contributed by atoms with Crippen molar-refractivity contribution in [3.63, 3.8) is 0 Å². The van der Waals surface area contributed by atoms with Crippen molar-refractivity contribution in [3.8, 4) is 5.75 Å². The van der Waals surface area contributed by atoms with E-state index in [4.69, 9.17) is 4.74 Å². The second-order valence-electron chi connectivity index (χ2n) is 7.39. The molecule has 0 radical (unpaired) electrons. The van der Waals surface area contributed by atoms with Gasteiger partial charge >= 0.3 is 6.18 Å². The van der Waals surface area contributed by atoms with Gasteiger partial charge in [-0.2, -0.15) is 13.2 Å². The molecule has 2 aromatic carbocycles. The van der Waals surface area contributed by atoms with E-state index in [0.29, 0.717) is 25.3 Å². The fourth-order valence-electron chi connectivity index (χ4n) is 3.58. The molecule has 158 valence electrons. The van der Waals surface area contributed by atoms with Crippen LogP contribution in [0.3, 0.4) is 0 Å². The zero-order valence-electron chi connectivity index (χ0n) is 16.3. The number of carbonyl (C=O) groups is 1. The smallest absolute Gasteiger partial charge is 0.422 e. The second kappa shape index (κ2) is 8.39. The van der Waals surface area contributed by atoms with Crippen LogP contribution in [0.4, 0.5) is 13.2 Å². The molecule has 1 N–H and O–H groups in total. The maximum atomic E-state index is 12.8. The van der Waals surface area contributed by atoms with Crippen LogP contribution in [0.5, 0.6) is 5.75 Å². The van der Waals surface area contributed by atoms with E-state index in [9.17, 15) is 18.0 Å². The number of para-hydroxylation sites is 1. The number of hydrogen-bond acceptors (Lipinski definition) is 3. The Labute approximate surface area is 172 Å². The monoisotopic (exact) mass is 417 g/mol. The number of aromatic amines is 1. The van der Waals surface area contributed by atoms with Crippen LogP contribution in [0.15, 0.2) is 54.6 Å². The van der Waals surface area contributed by atoms with Gasteiger partial charge in [-0.15, -0.1) is 0 Å². The van der Waals surface area contributed by atoms with Gasteiger partial charge in [0.1, 0.15) is 11.4 Å². The molecule has 1 saturated heterocycles. The van der Waals surface area contributed by atoms with Crippen LogP contribution in [0, 0.1) is 0 Å². The SMILES string of the molecule is O=C(c1cc2ccccc2[nH]1)N1CCN(Cc2ccc(OCC(F)(F)F)cc2)CC1. The molecule has 0 unspecified atom stereocenters. The Morgan fingerprint density at radius 1 is 1.00 bits per heavy atom. The van der Waals surface area contributed by atoms with E-state index < -0.39 is 12.8 Å². The predicted molar refractivity (Wildman–Crippen MR) is 107 cm³/mol. The summed E-state index contributed by atoms with van der Waals surface area (Å²) in [5.41, 5.74) is 2.53. The van der Waals surface area contributed by atoms with Gasteiger partial charge in [-0.05, 0) is 29.8 Å². The van der Waals surface area contributed by atoms with Gasteiger partial charge in [-0.25, -0.2) is 0 Å². The predicted octanol–water partition coefficient (Wildman–Crippen LogP) is 4.07. The van der Waals surface area contributed by atoms with Crippen LogP contribution < -0.4 is 4.74 Å². The normalized spacial score (nSPS) is 15.5. The average Bonchev–Trinajstić information content (AvgIpc) is 3.17. The number of nitrogens with one attached hydrogen (secondary N) is 1. The zero-order chi connectivity index (χ0) is 21.1. The van der Waals surface area contributed by atoms with E-state index >= 15 is 0 Å².